The minimum atomic E-state index is -0.435. The second-order valence-corrected chi connectivity index (χ2v) is 5.57. The summed E-state index contributed by atoms with van der Waals surface area (Å²) in [5.41, 5.74) is 5.65. The van der Waals surface area contributed by atoms with Gasteiger partial charge in [-0.15, -0.1) is 0 Å². The zero-order valence-electron chi connectivity index (χ0n) is 11.4. The van der Waals surface area contributed by atoms with Gasteiger partial charge in [-0.1, -0.05) is 6.92 Å². The molecule has 2 aliphatic heterocycles. The summed E-state index contributed by atoms with van der Waals surface area (Å²) < 4.78 is 11.5. The maximum atomic E-state index is 12.0. The summed E-state index contributed by atoms with van der Waals surface area (Å²) in [4.78, 5) is 17.8. The standard InChI is InChI=1S/C13H21N3O3/c1-2-7-16-11(17)15-10(14)12(16)3-5-13(6-4-12)18-8-9-19-13/h2-9H2,1H3,(H2,14,15,17). The molecular weight excluding hydrogens is 246 g/mol. The Kier molecular flexibility index (Phi) is 3.02. The van der Waals surface area contributed by atoms with Crippen LogP contribution in [-0.4, -0.2) is 47.9 Å². The molecule has 106 valence electrons. The van der Waals surface area contributed by atoms with Crippen LogP contribution in [0.2, 0.25) is 0 Å². The quantitative estimate of drug-likeness (QED) is 0.816. The predicted molar refractivity (Wildman–Crippen MR) is 69.8 cm³/mol. The van der Waals surface area contributed by atoms with E-state index < -0.39 is 11.3 Å². The molecule has 0 unspecified atom stereocenters. The van der Waals surface area contributed by atoms with Crippen molar-refractivity contribution in [3.63, 3.8) is 0 Å². The highest BCUT2D eigenvalue weighted by molar-refractivity contribution is 6.05. The van der Waals surface area contributed by atoms with Gasteiger partial charge in [0.15, 0.2) is 5.79 Å². The maximum absolute atomic E-state index is 12.0. The molecule has 19 heavy (non-hydrogen) atoms. The Hall–Kier alpha value is -1.14. The zero-order valence-corrected chi connectivity index (χ0v) is 11.4. The molecule has 1 saturated heterocycles. The lowest BCUT2D eigenvalue weighted by atomic mass is 9.77. The highest BCUT2D eigenvalue weighted by atomic mass is 16.7. The van der Waals surface area contributed by atoms with Crippen LogP contribution in [0.5, 0.6) is 0 Å². The fraction of sp³-hybridized carbons (Fsp3) is 0.846. The Morgan fingerprint density at radius 3 is 2.47 bits per heavy atom. The van der Waals surface area contributed by atoms with Gasteiger partial charge in [-0.2, -0.15) is 4.99 Å². The summed E-state index contributed by atoms with van der Waals surface area (Å²) in [5, 5.41) is 0. The van der Waals surface area contributed by atoms with E-state index in [1.807, 2.05) is 4.90 Å². The van der Waals surface area contributed by atoms with Crippen molar-refractivity contribution in [1.29, 1.82) is 0 Å². The molecule has 0 radical (unpaired) electrons. The summed E-state index contributed by atoms with van der Waals surface area (Å²) in [5.74, 6) is 0.0356. The number of carbonyl (C=O) groups excluding carboxylic acids is 1. The zero-order chi connectivity index (χ0) is 13.5. The van der Waals surface area contributed by atoms with Crippen LogP contribution in [0.25, 0.3) is 0 Å². The molecule has 2 spiro atoms. The van der Waals surface area contributed by atoms with Crippen molar-refractivity contribution in [2.24, 2.45) is 10.7 Å². The number of amides is 2. The lowest BCUT2D eigenvalue weighted by molar-refractivity contribution is -0.186. The van der Waals surface area contributed by atoms with Gasteiger partial charge in [-0.05, 0) is 19.3 Å². The van der Waals surface area contributed by atoms with Crippen LogP contribution in [-0.2, 0) is 9.47 Å². The van der Waals surface area contributed by atoms with Gasteiger partial charge in [0.2, 0.25) is 0 Å². The van der Waals surface area contributed by atoms with Crippen LogP contribution < -0.4 is 5.73 Å². The van der Waals surface area contributed by atoms with E-state index >= 15 is 0 Å². The van der Waals surface area contributed by atoms with Gasteiger partial charge in [-0.3, -0.25) is 0 Å². The highest BCUT2D eigenvalue weighted by Gasteiger charge is 2.54. The van der Waals surface area contributed by atoms with Crippen LogP contribution in [0.1, 0.15) is 39.0 Å². The lowest BCUT2D eigenvalue weighted by Crippen LogP contribution is -2.58. The van der Waals surface area contributed by atoms with Crippen LogP contribution in [0.3, 0.4) is 0 Å². The van der Waals surface area contributed by atoms with E-state index in [1.54, 1.807) is 0 Å². The van der Waals surface area contributed by atoms with Crippen LogP contribution in [0.15, 0.2) is 4.99 Å². The molecule has 3 aliphatic rings. The summed E-state index contributed by atoms with van der Waals surface area (Å²) >= 11 is 0. The number of carbonyl (C=O) groups is 1. The average Bonchev–Trinajstić information content (AvgIpc) is 2.93. The van der Waals surface area contributed by atoms with Gasteiger partial charge in [0, 0.05) is 19.4 Å². The largest absolute Gasteiger partial charge is 0.385 e. The number of hydrogen-bond acceptors (Lipinski definition) is 4. The third-order valence-corrected chi connectivity index (χ3v) is 4.54. The molecule has 2 fully saturated rings. The smallest absolute Gasteiger partial charge is 0.346 e. The molecule has 3 rings (SSSR count). The first-order chi connectivity index (χ1) is 9.12. The van der Waals surface area contributed by atoms with E-state index in [1.165, 1.54) is 0 Å². The summed E-state index contributed by atoms with van der Waals surface area (Å²) in [7, 11) is 0. The molecule has 0 aromatic carbocycles. The maximum Gasteiger partial charge on any atom is 0.346 e. The monoisotopic (exact) mass is 267 g/mol. The number of aliphatic imine (C=N–C) groups is 1. The van der Waals surface area contributed by atoms with Crippen LogP contribution in [0.4, 0.5) is 4.79 Å². The van der Waals surface area contributed by atoms with Crippen molar-refractivity contribution in [3.05, 3.63) is 0 Å². The van der Waals surface area contributed by atoms with Gasteiger partial charge in [0.25, 0.3) is 0 Å². The highest BCUT2D eigenvalue weighted by Crippen LogP contribution is 2.44. The topological polar surface area (TPSA) is 77.2 Å². The fourth-order valence-electron chi connectivity index (χ4n) is 3.48. The van der Waals surface area contributed by atoms with Crippen molar-refractivity contribution in [1.82, 2.24) is 4.90 Å². The molecule has 0 atom stereocenters. The first kappa shape index (κ1) is 12.9. The van der Waals surface area contributed by atoms with Gasteiger partial charge >= 0.3 is 6.03 Å². The molecule has 1 aliphatic carbocycles. The fourth-order valence-corrected chi connectivity index (χ4v) is 3.48. The van der Waals surface area contributed by atoms with Crippen molar-refractivity contribution in [3.8, 4) is 0 Å². The summed E-state index contributed by atoms with van der Waals surface area (Å²) in [6, 6.07) is -0.191. The van der Waals surface area contributed by atoms with E-state index in [0.717, 1.165) is 32.1 Å². The third-order valence-electron chi connectivity index (χ3n) is 4.54. The molecule has 0 aromatic rings. The van der Waals surface area contributed by atoms with Gasteiger partial charge in [-0.25, -0.2) is 4.79 Å². The number of hydrogen-bond donors (Lipinski definition) is 1. The third kappa shape index (κ3) is 1.85. The van der Waals surface area contributed by atoms with Crippen LogP contribution in [0, 0.1) is 0 Å². The van der Waals surface area contributed by atoms with Gasteiger partial charge in [0.1, 0.15) is 11.4 Å². The summed E-state index contributed by atoms with van der Waals surface area (Å²) in [6.07, 6.45) is 4.00. The normalized spacial score (nSPS) is 28.4. The molecule has 6 nitrogen and oxygen atoms in total. The molecule has 1 saturated carbocycles. The Balaban J connectivity index is 1.80. The molecular formula is C13H21N3O3. The Bertz CT molecular complexity index is 405. The van der Waals surface area contributed by atoms with Gasteiger partial charge < -0.3 is 20.1 Å². The molecule has 2 N–H and O–H groups in total. The number of rotatable bonds is 2. The second kappa shape index (κ2) is 4.45. The van der Waals surface area contributed by atoms with Crippen LogP contribution >= 0.6 is 0 Å². The van der Waals surface area contributed by atoms with Crippen molar-refractivity contribution in [2.45, 2.75) is 50.4 Å². The Morgan fingerprint density at radius 1 is 1.26 bits per heavy atom. The second-order valence-electron chi connectivity index (χ2n) is 5.57. The number of ether oxygens (including phenoxy) is 2. The molecule has 0 aromatic heterocycles. The number of nitrogens with zero attached hydrogens (tertiary/aromatic N) is 2. The first-order valence-electron chi connectivity index (χ1n) is 7.06. The SMILES string of the molecule is CCCN1C(=O)N=C(N)C12CCC1(CC2)OCCO1. The number of amidine groups is 1. The first-order valence-corrected chi connectivity index (χ1v) is 7.06. The predicted octanol–water partition coefficient (Wildman–Crippen LogP) is 1.25. The van der Waals surface area contributed by atoms with E-state index in [-0.39, 0.29) is 6.03 Å². The van der Waals surface area contributed by atoms with E-state index in [9.17, 15) is 4.79 Å². The van der Waals surface area contributed by atoms with Crippen molar-refractivity contribution < 1.29 is 14.3 Å². The molecule has 6 heteroatoms. The van der Waals surface area contributed by atoms with E-state index in [0.29, 0.717) is 25.6 Å². The number of urea groups is 1. The van der Waals surface area contributed by atoms with E-state index in [2.05, 4.69) is 11.9 Å². The lowest BCUT2D eigenvalue weighted by Gasteiger charge is -2.45. The molecule has 2 heterocycles. The van der Waals surface area contributed by atoms with Gasteiger partial charge in [0.05, 0.1) is 13.2 Å². The number of nitrogens with two attached hydrogens (primary N) is 1. The van der Waals surface area contributed by atoms with Crippen molar-refractivity contribution in [2.75, 3.05) is 19.8 Å². The molecule has 2 amide bonds. The molecule has 0 bridgehead atoms. The Labute approximate surface area is 112 Å². The van der Waals surface area contributed by atoms with Crippen molar-refractivity contribution >= 4 is 11.9 Å². The minimum absolute atomic E-state index is 0.191. The minimum Gasteiger partial charge on any atom is -0.385 e. The summed E-state index contributed by atoms with van der Waals surface area (Å²) in [6.45, 7) is 4.09. The average molecular weight is 267 g/mol. The Morgan fingerprint density at radius 2 is 1.89 bits per heavy atom. The van der Waals surface area contributed by atoms with E-state index in [4.69, 9.17) is 15.2 Å².